The minimum absolute atomic E-state index is 0.200. The summed E-state index contributed by atoms with van der Waals surface area (Å²) < 4.78 is 18.4. The lowest BCUT2D eigenvalue weighted by atomic mass is 10.1. The summed E-state index contributed by atoms with van der Waals surface area (Å²) in [6.07, 6.45) is 0. The van der Waals surface area contributed by atoms with Crippen molar-refractivity contribution in [3.63, 3.8) is 0 Å². The number of hydrogen-bond donors (Lipinski definition) is 1. The summed E-state index contributed by atoms with van der Waals surface area (Å²) in [7, 11) is 1.57. The van der Waals surface area contributed by atoms with Crippen molar-refractivity contribution in [2.24, 2.45) is 0 Å². The summed E-state index contributed by atoms with van der Waals surface area (Å²) >= 11 is 0. The molecule has 3 nitrogen and oxygen atoms in total. The fourth-order valence-electron chi connectivity index (χ4n) is 1.77. The lowest BCUT2D eigenvalue weighted by Gasteiger charge is -2.07. The third-order valence-corrected chi connectivity index (χ3v) is 3.04. The maximum Gasteiger partial charge on any atom is 0.251 e. The number of nitrogens with one attached hydrogen (secondary N) is 1. The summed E-state index contributed by atoms with van der Waals surface area (Å²) in [5.41, 5.74) is 1.86. The second kappa shape index (κ2) is 6.19. The number of rotatable bonds is 4. The third-order valence-electron chi connectivity index (χ3n) is 3.04. The molecule has 2 aromatic rings. The van der Waals surface area contributed by atoms with E-state index in [-0.39, 0.29) is 11.7 Å². The first-order chi connectivity index (χ1) is 9.60. The van der Waals surface area contributed by atoms with Gasteiger partial charge in [0.2, 0.25) is 0 Å². The summed E-state index contributed by atoms with van der Waals surface area (Å²) in [6.45, 7) is 2.00. The van der Waals surface area contributed by atoms with Crippen LogP contribution in [0.1, 0.15) is 21.5 Å². The minimum Gasteiger partial charge on any atom is -0.497 e. The maximum atomic E-state index is 13.4. The van der Waals surface area contributed by atoms with Gasteiger partial charge < -0.3 is 10.1 Å². The Hall–Kier alpha value is -2.36. The van der Waals surface area contributed by atoms with Gasteiger partial charge in [-0.25, -0.2) is 4.39 Å². The van der Waals surface area contributed by atoms with Gasteiger partial charge in [0.1, 0.15) is 11.6 Å². The summed E-state index contributed by atoms with van der Waals surface area (Å²) in [5.74, 6) is 0.233. The highest BCUT2D eigenvalue weighted by molar-refractivity contribution is 5.94. The molecule has 0 aliphatic rings. The van der Waals surface area contributed by atoms with E-state index in [0.717, 1.165) is 5.56 Å². The molecule has 2 rings (SSSR count). The zero-order valence-corrected chi connectivity index (χ0v) is 11.4. The Morgan fingerprint density at radius 3 is 2.50 bits per heavy atom. The van der Waals surface area contributed by atoms with Crippen LogP contribution in [0.4, 0.5) is 4.39 Å². The highest BCUT2D eigenvalue weighted by Crippen LogP contribution is 2.12. The van der Waals surface area contributed by atoms with Crippen LogP contribution >= 0.6 is 0 Å². The number of methoxy groups -OCH3 is 1. The van der Waals surface area contributed by atoms with Crippen LogP contribution in [0, 0.1) is 12.7 Å². The molecule has 0 aromatic heterocycles. The lowest BCUT2D eigenvalue weighted by Crippen LogP contribution is -2.22. The topological polar surface area (TPSA) is 38.3 Å². The Balaban J connectivity index is 1.98. The summed E-state index contributed by atoms with van der Waals surface area (Å²) in [5, 5.41) is 2.75. The van der Waals surface area contributed by atoms with Gasteiger partial charge in [-0.2, -0.15) is 0 Å². The van der Waals surface area contributed by atoms with E-state index in [9.17, 15) is 9.18 Å². The average Bonchev–Trinajstić information content (AvgIpc) is 2.48. The molecule has 1 amide bonds. The van der Waals surface area contributed by atoms with Crippen LogP contribution in [-0.2, 0) is 6.54 Å². The number of benzene rings is 2. The fourth-order valence-corrected chi connectivity index (χ4v) is 1.77. The lowest BCUT2D eigenvalue weighted by molar-refractivity contribution is 0.0951. The Labute approximate surface area is 117 Å². The van der Waals surface area contributed by atoms with Gasteiger partial charge in [-0.05, 0) is 48.4 Å². The van der Waals surface area contributed by atoms with E-state index in [1.54, 1.807) is 50.4 Å². The van der Waals surface area contributed by atoms with E-state index in [2.05, 4.69) is 5.32 Å². The molecule has 0 bridgehead atoms. The summed E-state index contributed by atoms with van der Waals surface area (Å²) in [6, 6.07) is 11.7. The average molecular weight is 273 g/mol. The van der Waals surface area contributed by atoms with Gasteiger partial charge in [0.05, 0.1) is 7.11 Å². The SMILES string of the molecule is COc1ccc(C(=O)NCc2ccc(C)c(F)c2)cc1. The number of hydrogen-bond acceptors (Lipinski definition) is 2. The molecule has 0 aliphatic carbocycles. The molecular formula is C16H16FNO2. The van der Waals surface area contributed by atoms with Crippen LogP contribution in [-0.4, -0.2) is 13.0 Å². The van der Waals surface area contributed by atoms with E-state index in [0.29, 0.717) is 23.4 Å². The highest BCUT2D eigenvalue weighted by Gasteiger charge is 2.06. The highest BCUT2D eigenvalue weighted by atomic mass is 19.1. The normalized spacial score (nSPS) is 10.2. The molecule has 104 valence electrons. The van der Waals surface area contributed by atoms with Crippen molar-refractivity contribution in [2.45, 2.75) is 13.5 Å². The molecule has 0 radical (unpaired) electrons. The minimum atomic E-state index is -0.263. The van der Waals surface area contributed by atoms with Gasteiger partial charge in [-0.15, -0.1) is 0 Å². The van der Waals surface area contributed by atoms with Crippen molar-refractivity contribution in [2.75, 3.05) is 7.11 Å². The standard InChI is InChI=1S/C16H16FNO2/c1-11-3-4-12(9-15(11)17)10-18-16(19)13-5-7-14(20-2)8-6-13/h3-9H,10H2,1-2H3,(H,18,19). The van der Waals surface area contributed by atoms with Gasteiger partial charge in [0.15, 0.2) is 0 Å². The monoisotopic (exact) mass is 273 g/mol. The number of carbonyl (C=O) groups excluding carboxylic acids is 1. The number of amides is 1. The Kier molecular flexibility index (Phi) is 4.35. The second-order valence-electron chi connectivity index (χ2n) is 4.49. The molecule has 0 aliphatic heterocycles. The number of halogens is 1. The first kappa shape index (κ1) is 14.1. The smallest absolute Gasteiger partial charge is 0.251 e. The number of carbonyl (C=O) groups is 1. The first-order valence-electron chi connectivity index (χ1n) is 6.27. The van der Waals surface area contributed by atoms with E-state index in [4.69, 9.17) is 4.74 Å². The van der Waals surface area contributed by atoms with E-state index < -0.39 is 0 Å². The molecule has 0 atom stereocenters. The molecule has 0 saturated heterocycles. The Bertz CT molecular complexity index is 608. The quantitative estimate of drug-likeness (QED) is 0.929. The fraction of sp³-hybridized carbons (Fsp3) is 0.188. The first-order valence-corrected chi connectivity index (χ1v) is 6.27. The molecule has 0 heterocycles. The molecule has 0 spiro atoms. The molecule has 0 fully saturated rings. The second-order valence-corrected chi connectivity index (χ2v) is 4.49. The zero-order chi connectivity index (χ0) is 14.5. The molecule has 0 saturated carbocycles. The van der Waals surface area contributed by atoms with Crippen LogP contribution < -0.4 is 10.1 Å². The van der Waals surface area contributed by atoms with E-state index in [1.807, 2.05) is 0 Å². The largest absolute Gasteiger partial charge is 0.497 e. The molecular weight excluding hydrogens is 257 g/mol. The number of aryl methyl sites for hydroxylation is 1. The van der Waals surface area contributed by atoms with Gasteiger partial charge in [0.25, 0.3) is 5.91 Å². The van der Waals surface area contributed by atoms with Gasteiger partial charge in [-0.3, -0.25) is 4.79 Å². The van der Waals surface area contributed by atoms with Crippen molar-refractivity contribution in [1.29, 1.82) is 0 Å². The van der Waals surface area contributed by atoms with Crippen molar-refractivity contribution < 1.29 is 13.9 Å². The van der Waals surface area contributed by atoms with Crippen LogP contribution in [0.3, 0.4) is 0 Å². The van der Waals surface area contributed by atoms with Crippen LogP contribution in [0.2, 0.25) is 0 Å². The molecule has 4 heteroatoms. The van der Waals surface area contributed by atoms with Gasteiger partial charge >= 0.3 is 0 Å². The Morgan fingerprint density at radius 1 is 1.20 bits per heavy atom. The predicted molar refractivity (Wildman–Crippen MR) is 75.3 cm³/mol. The van der Waals surface area contributed by atoms with Crippen LogP contribution in [0.5, 0.6) is 5.75 Å². The van der Waals surface area contributed by atoms with Gasteiger partial charge in [0, 0.05) is 12.1 Å². The molecule has 1 N–H and O–H groups in total. The van der Waals surface area contributed by atoms with Crippen LogP contribution in [0.15, 0.2) is 42.5 Å². The molecule has 0 unspecified atom stereocenters. The maximum absolute atomic E-state index is 13.4. The summed E-state index contributed by atoms with van der Waals surface area (Å²) in [4.78, 5) is 11.9. The zero-order valence-electron chi connectivity index (χ0n) is 11.4. The third kappa shape index (κ3) is 3.35. The van der Waals surface area contributed by atoms with E-state index >= 15 is 0 Å². The predicted octanol–water partition coefficient (Wildman–Crippen LogP) is 3.07. The van der Waals surface area contributed by atoms with E-state index in [1.165, 1.54) is 6.07 Å². The van der Waals surface area contributed by atoms with Crippen molar-refractivity contribution >= 4 is 5.91 Å². The number of ether oxygens (including phenoxy) is 1. The van der Waals surface area contributed by atoms with Crippen molar-refractivity contribution in [3.05, 3.63) is 65.0 Å². The van der Waals surface area contributed by atoms with Crippen LogP contribution in [0.25, 0.3) is 0 Å². The van der Waals surface area contributed by atoms with Gasteiger partial charge in [-0.1, -0.05) is 12.1 Å². The van der Waals surface area contributed by atoms with Crippen molar-refractivity contribution in [1.82, 2.24) is 5.32 Å². The molecule has 2 aromatic carbocycles. The molecule has 20 heavy (non-hydrogen) atoms. The Morgan fingerprint density at radius 2 is 1.90 bits per heavy atom. The van der Waals surface area contributed by atoms with Crippen molar-refractivity contribution in [3.8, 4) is 5.75 Å².